The Hall–Kier alpha value is -2.28. The Kier molecular flexibility index (Phi) is 4.04. The molecule has 0 fully saturated rings. The lowest BCUT2D eigenvalue weighted by Gasteiger charge is -2.18. The van der Waals surface area contributed by atoms with Crippen LogP contribution in [0, 0.1) is 0 Å². The second-order valence-corrected chi connectivity index (χ2v) is 6.14. The van der Waals surface area contributed by atoms with Gasteiger partial charge in [0.2, 0.25) is 9.84 Å². The Morgan fingerprint density at radius 3 is 1.90 bits per heavy atom. The van der Waals surface area contributed by atoms with Crippen LogP contribution in [0.5, 0.6) is 0 Å². The number of nitrogens with zero attached hydrogens (tertiary/aromatic N) is 1. The van der Waals surface area contributed by atoms with Gasteiger partial charge in [0.1, 0.15) is 0 Å². The molecule has 0 aromatic heterocycles. The van der Waals surface area contributed by atoms with Crippen LogP contribution in [0.2, 0.25) is 0 Å². The highest BCUT2D eigenvalue weighted by atomic mass is 32.2. The molecule has 0 unspecified atom stereocenters. The molecule has 0 saturated heterocycles. The molecule has 2 rings (SSSR count). The Balaban J connectivity index is 2.56. The van der Waals surface area contributed by atoms with Gasteiger partial charge in [-0.2, -0.15) is 8.78 Å². The number of halogens is 2. The minimum absolute atomic E-state index is 0.176. The molecule has 4 nitrogen and oxygen atoms in total. The van der Waals surface area contributed by atoms with Crippen LogP contribution in [0.15, 0.2) is 70.7 Å². The summed E-state index contributed by atoms with van der Waals surface area (Å²) in [5, 5.41) is 7.02. The summed E-state index contributed by atoms with van der Waals surface area (Å²) in [5.74, 6) is 0. The van der Waals surface area contributed by atoms with Gasteiger partial charge in [0.05, 0.1) is 4.90 Å². The van der Waals surface area contributed by atoms with E-state index in [-0.39, 0.29) is 5.56 Å². The van der Waals surface area contributed by atoms with Crippen molar-refractivity contribution < 1.29 is 22.4 Å². The Labute approximate surface area is 120 Å². The van der Waals surface area contributed by atoms with E-state index in [1.165, 1.54) is 42.5 Å². The van der Waals surface area contributed by atoms with Gasteiger partial charge in [0.25, 0.3) is 0 Å². The molecule has 0 aliphatic rings. The van der Waals surface area contributed by atoms with E-state index in [0.717, 1.165) is 12.1 Å². The molecule has 0 saturated carbocycles. The number of rotatable bonds is 4. The van der Waals surface area contributed by atoms with Crippen LogP contribution in [0.25, 0.3) is 0 Å². The molecule has 0 atom stereocenters. The minimum atomic E-state index is -5.02. The fourth-order valence-electron chi connectivity index (χ4n) is 1.75. The normalized spacial score (nSPS) is 13.1. The van der Waals surface area contributed by atoms with Crippen molar-refractivity contribution in [1.29, 1.82) is 0 Å². The van der Waals surface area contributed by atoms with E-state index in [1.807, 2.05) is 0 Å². The SMILES string of the molecule is O=S(=O)(c1ccccc1)C(F)(F)C(=NO)c1ccccc1. The first kappa shape index (κ1) is 15.1. The topological polar surface area (TPSA) is 66.7 Å². The quantitative estimate of drug-likeness (QED) is 0.536. The van der Waals surface area contributed by atoms with E-state index in [2.05, 4.69) is 5.16 Å². The zero-order valence-corrected chi connectivity index (χ0v) is 11.5. The molecule has 0 heterocycles. The lowest BCUT2D eigenvalue weighted by atomic mass is 10.1. The van der Waals surface area contributed by atoms with Gasteiger partial charge in [-0.15, -0.1) is 0 Å². The van der Waals surface area contributed by atoms with Gasteiger partial charge < -0.3 is 5.21 Å². The van der Waals surface area contributed by atoms with E-state index in [9.17, 15) is 17.2 Å². The van der Waals surface area contributed by atoms with Gasteiger partial charge in [0, 0.05) is 5.56 Å². The molecule has 2 aromatic rings. The third-order valence-corrected chi connectivity index (χ3v) is 4.58. The second-order valence-electron chi connectivity index (χ2n) is 4.15. The monoisotopic (exact) mass is 311 g/mol. The van der Waals surface area contributed by atoms with Crippen molar-refractivity contribution in [2.45, 2.75) is 10.2 Å². The molecule has 2 aromatic carbocycles. The molecule has 110 valence electrons. The fraction of sp³-hybridized carbons (Fsp3) is 0.0714. The van der Waals surface area contributed by atoms with Crippen molar-refractivity contribution in [3.63, 3.8) is 0 Å². The van der Waals surface area contributed by atoms with E-state index < -0.39 is 25.7 Å². The molecule has 0 radical (unpaired) electrons. The average Bonchev–Trinajstić information content (AvgIpc) is 2.49. The summed E-state index contributed by atoms with van der Waals surface area (Å²) in [5.41, 5.74) is -1.39. The summed E-state index contributed by atoms with van der Waals surface area (Å²) >= 11 is 0. The molecule has 0 amide bonds. The smallest absolute Gasteiger partial charge is 0.395 e. The Morgan fingerprint density at radius 2 is 1.43 bits per heavy atom. The Bertz CT molecular complexity index is 744. The van der Waals surface area contributed by atoms with Crippen LogP contribution < -0.4 is 0 Å². The molecule has 0 aliphatic carbocycles. The lowest BCUT2D eigenvalue weighted by Crippen LogP contribution is -2.38. The van der Waals surface area contributed by atoms with Crippen LogP contribution in [0.4, 0.5) is 8.78 Å². The zero-order chi connectivity index (χ0) is 15.5. The Morgan fingerprint density at radius 1 is 0.952 bits per heavy atom. The second kappa shape index (κ2) is 5.61. The van der Waals surface area contributed by atoms with Crippen LogP contribution in [-0.2, 0) is 9.84 Å². The fourth-order valence-corrected chi connectivity index (χ4v) is 2.98. The van der Waals surface area contributed by atoms with Gasteiger partial charge in [-0.3, -0.25) is 0 Å². The number of hydrogen-bond acceptors (Lipinski definition) is 4. The van der Waals surface area contributed by atoms with Gasteiger partial charge in [0.15, 0.2) is 5.71 Å². The number of hydrogen-bond donors (Lipinski definition) is 1. The van der Waals surface area contributed by atoms with E-state index in [4.69, 9.17) is 5.21 Å². The molecule has 0 bridgehead atoms. The van der Waals surface area contributed by atoms with Crippen molar-refractivity contribution in [2.24, 2.45) is 5.16 Å². The van der Waals surface area contributed by atoms with Gasteiger partial charge in [-0.05, 0) is 12.1 Å². The molecule has 0 aliphatic heterocycles. The van der Waals surface area contributed by atoms with Crippen LogP contribution in [0.1, 0.15) is 5.56 Å². The van der Waals surface area contributed by atoms with Crippen molar-refractivity contribution in [1.82, 2.24) is 0 Å². The third kappa shape index (κ3) is 2.64. The highest BCUT2D eigenvalue weighted by molar-refractivity contribution is 7.93. The van der Waals surface area contributed by atoms with Crippen molar-refractivity contribution >= 4 is 15.5 Å². The number of oxime groups is 1. The van der Waals surface area contributed by atoms with Crippen LogP contribution in [-0.4, -0.2) is 24.6 Å². The zero-order valence-electron chi connectivity index (χ0n) is 10.6. The molecule has 0 spiro atoms. The first-order chi connectivity index (χ1) is 9.91. The largest absolute Gasteiger partial charge is 0.410 e. The molecule has 7 heteroatoms. The maximum Gasteiger partial charge on any atom is 0.395 e. The summed E-state index contributed by atoms with van der Waals surface area (Å²) in [6.07, 6.45) is 0. The maximum absolute atomic E-state index is 14.4. The van der Waals surface area contributed by atoms with E-state index >= 15 is 0 Å². The van der Waals surface area contributed by atoms with Crippen molar-refractivity contribution in [3.05, 3.63) is 66.2 Å². The number of alkyl halides is 2. The highest BCUT2D eigenvalue weighted by Gasteiger charge is 2.52. The highest BCUT2D eigenvalue weighted by Crippen LogP contribution is 2.32. The number of sulfone groups is 1. The van der Waals surface area contributed by atoms with Crippen LogP contribution >= 0.6 is 0 Å². The van der Waals surface area contributed by atoms with Crippen molar-refractivity contribution in [3.8, 4) is 0 Å². The van der Waals surface area contributed by atoms with E-state index in [1.54, 1.807) is 6.07 Å². The summed E-state index contributed by atoms with van der Waals surface area (Å²) in [6, 6.07) is 13.2. The molecule has 21 heavy (non-hydrogen) atoms. The van der Waals surface area contributed by atoms with E-state index in [0.29, 0.717) is 0 Å². The summed E-state index contributed by atoms with van der Waals surface area (Å²) in [4.78, 5) is -0.549. The summed E-state index contributed by atoms with van der Waals surface area (Å²) < 4.78 is 52.9. The summed E-state index contributed by atoms with van der Waals surface area (Å²) in [7, 11) is -5.02. The number of benzene rings is 2. The average molecular weight is 311 g/mol. The third-order valence-electron chi connectivity index (χ3n) is 2.81. The molecular formula is C14H11F2NO3S. The summed E-state index contributed by atoms with van der Waals surface area (Å²) in [6.45, 7) is 0. The lowest BCUT2D eigenvalue weighted by molar-refractivity contribution is 0.162. The minimum Gasteiger partial charge on any atom is -0.410 e. The predicted molar refractivity (Wildman–Crippen MR) is 73.3 cm³/mol. The molecular weight excluding hydrogens is 300 g/mol. The predicted octanol–water partition coefficient (Wildman–Crippen LogP) is 2.93. The standard InChI is InChI=1S/C14H11F2NO3S/c15-14(16,13(17-18)11-7-3-1-4-8-11)21(19,20)12-9-5-2-6-10-12/h1-10,18H. The maximum atomic E-state index is 14.4. The van der Waals surface area contributed by atoms with Gasteiger partial charge in [-0.1, -0.05) is 53.7 Å². The van der Waals surface area contributed by atoms with Crippen LogP contribution in [0.3, 0.4) is 0 Å². The van der Waals surface area contributed by atoms with Gasteiger partial charge in [-0.25, -0.2) is 8.42 Å². The van der Waals surface area contributed by atoms with Gasteiger partial charge >= 0.3 is 5.25 Å². The first-order valence-corrected chi connectivity index (χ1v) is 7.35. The first-order valence-electron chi connectivity index (χ1n) is 5.86. The van der Waals surface area contributed by atoms with Crippen molar-refractivity contribution in [2.75, 3.05) is 0 Å². The molecule has 1 N–H and O–H groups in total.